The highest BCUT2D eigenvalue weighted by atomic mass is 16.3. The molecule has 0 fully saturated rings. The zero-order valence-electron chi connectivity index (χ0n) is 41.9. The van der Waals surface area contributed by atoms with Crippen LogP contribution in [0.3, 0.4) is 0 Å². The van der Waals surface area contributed by atoms with Crippen LogP contribution < -0.4 is 0 Å². The summed E-state index contributed by atoms with van der Waals surface area (Å²) in [5.74, 6) is 1.44. The molecule has 4 nitrogen and oxygen atoms in total. The number of phenols is 1. The topological polar surface area (TPSA) is 50.9 Å². The molecule has 2 heterocycles. The lowest BCUT2D eigenvalue weighted by atomic mass is 9.79. The number of para-hydroxylation sites is 1. The van der Waals surface area contributed by atoms with E-state index in [4.69, 9.17) is 9.97 Å². The van der Waals surface area contributed by atoms with Crippen LogP contribution in [0.2, 0.25) is 0 Å². The maximum atomic E-state index is 12.5. The van der Waals surface area contributed by atoms with Crippen molar-refractivity contribution in [2.75, 3.05) is 0 Å². The number of benzene rings is 6. The maximum Gasteiger partial charge on any atom is 0.149 e. The summed E-state index contributed by atoms with van der Waals surface area (Å²) < 4.78 is 2.29. The number of rotatable bonds is 8. The van der Waals surface area contributed by atoms with Gasteiger partial charge in [0.25, 0.3) is 0 Å². The van der Waals surface area contributed by atoms with Crippen LogP contribution in [0.4, 0.5) is 0 Å². The summed E-state index contributed by atoms with van der Waals surface area (Å²) in [6.45, 7) is 31.4. The van der Waals surface area contributed by atoms with Crippen LogP contribution in [-0.4, -0.2) is 19.6 Å². The number of pyridine rings is 1. The summed E-state index contributed by atoms with van der Waals surface area (Å²) in [4.78, 5) is 10.7. The third-order valence-corrected chi connectivity index (χ3v) is 13.0. The summed E-state index contributed by atoms with van der Waals surface area (Å²) in [5, 5.41) is 12.5. The van der Waals surface area contributed by atoms with Gasteiger partial charge in [-0.2, -0.15) is 0 Å². The lowest BCUT2D eigenvalue weighted by Crippen LogP contribution is -2.17. The third-order valence-electron chi connectivity index (χ3n) is 13.0. The molecule has 0 bridgehead atoms. The highest BCUT2D eigenvalue weighted by Gasteiger charge is 2.29. The second-order valence-electron chi connectivity index (χ2n) is 23.0. The Morgan fingerprint density at radius 1 is 0.500 bits per heavy atom. The molecule has 0 unspecified atom stereocenters. The number of aromatic hydroxyl groups is 1. The molecule has 8 aromatic rings. The Balaban J connectivity index is 1.39. The van der Waals surface area contributed by atoms with Crippen LogP contribution in [0.15, 0.2) is 140 Å². The second-order valence-corrected chi connectivity index (χ2v) is 23.0. The van der Waals surface area contributed by atoms with Gasteiger partial charge < -0.3 is 5.11 Å². The summed E-state index contributed by atoms with van der Waals surface area (Å²) >= 11 is 0. The van der Waals surface area contributed by atoms with Crippen LogP contribution in [0.5, 0.6) is 5.75 Å². The smallest absolute Gasteiger partial charge is 0.149 e. The molecule has 8 rings (SSSR count). The van der Waals surface area contributed by atoms with E-state index in [0.717, 1.165) is 67.8 Å². The van der Waals surface area contributed by atoms with Gasteiger partial charge in [0.05, 0.1) is 22.3 Å². The Morgan fingerprint density at radius 2 is 1.15 bits per heavy atom. The van der Waals surface area contributed by atoms with Crippen molar-refractivity contribution in [2.24, 2.45) is 5.92 Å². The first-order valence-electron chi connectivity index (χ1n) is 23.8. The summed E-state index contributed by atoms with van der Waals surface area (Å²) in [6, 6.07) is 48.6. The summed E-state index contributed by atoms with van der Waals surface area (Å²) in [7, 11) is 0. The molecule has 0 radical (unpaired) electrons. The first-order chi connectivity index (χ1) is 31.0. The predicted octanol–water partition coefficient (Wildman–Crippen LogP) is 16.8. The predicted molar refractivity (Wildman–Crippen MR) is 281 cm³/mol. The van der Waals surface area contributed by atoms with Gasteiger partial charge in [0.15, 0.2) is 0 Å². The Bertz CT molecular complexity index is 3050. The van der Waals surface area contributed by atoms with Crippen LogP contribution in [0, 0.1) is 5.92 Å². The van der Waals surface area contributed by atoms with Crippen LogP contribution >= 0.6 is 0 Å². The molecule has 66 heavy (non-hydrogen) atoms. The van der Waals surface area contributed by atoms with E-state index in [-0.39, 0.29) is 27.4 Å². The van der Waals surface area contributed by atoms with E-state index in [1.165, 1.54) is 33.4 Å². The molecular formula is C62H69N3O. The molecule has 0 aliphatic rings. The monoisotopic (exact) mass is 872 g/mol. The van der Waals surface area contributed by atoms with E-state index in [0.29, 0.717) is 11.7 Å². The number of nitrogens with zero attached hydrogens (tertiary/aromatic N) is 3. The minimum absolute atomic E-state index is 0.0844. The second kappa shape index (κ2) is 17.2. The SMILES string of the molecule is CC(C)Cc1cc(-n2c(-c3cc(C(C)(C)C)cc(C(C)(C)C)c3O)nc3c(-c4cc(-c5cc(-c6ccc(C(C)(C)C)cc6)ccn5)cc(C(C)(C)C)c4)cccc32)ccc1-c1ccccc1. The van der Waals surface area contributed by atoms with E-state index in [1.807, 2.05) is 6.20 Å². The molecule has 0 atom stereocenters. The van der Waals surface area contributed by atoms with Gasteiger partial charge in [0.2, 0.25) is 0 Å². The number of hydrogen-bond acceptors (Lipinski definition) is 3. The van der Waals surface area contributed by atoms with Crippen LogP contribution in [0.1, 0.15) is 125 Å². The van der Waals surface area contributed by atoms with Crippen molar-refractivity contribution >= 4 is 11.0 Å². The lowest BCUT2D eigenvalue weighted by Gasteiger charge is -2.27. The Hall–Kier alpha value is -6.26. The first kappa shape index (κ1) is 46.3. The highest BCUT2D eigenvalue weighted by Crippen LogP contribution is 2.45. The van der Waals surface area contributed by atoms with Crippen molar-refractivity contribution in [3.63, 3.8) is 0 Å². The molecule has 338 valence electrons. The van der Waals surface area contributed by atoms with Crippen molar-refractivity contribution in [2.45, 2.75) is 125 Å². The molecular weight excluding hydrogens is 803 g/mol. The van der Waals surface area contributed by atoms with E-state index in [1.54, 1.807) is 0 Å². The number of phenolic OH excluding ortho intramolecular Hbond substituents is 1. The van der Waals surface area contributed by atoms with Gasteiger partial charge in [0.1, 0.15) is 11.6 Å². The fraction of sp³-hybridized carbons (Fsp3) is 0.323. The number of imidazole rings is 1. The zero-order chi connectivity index (χ0) is 47.5. The fourth-order valence-corrected chi connectivity index (χ4v) is 9.11. The van der Waals surface area contributed by atoms with Crippen molar-refractivity contribution < 1.29 is 5.11 Å². The highest BCUT2D eigenvalue weighted by molar-refractivity contribution is 5.97. The van der Waals surface area contributed by atoms with Crippen LogP contribution in [-0.2, 0) is 28.1 Å². The first-order valence-corrected chi connectivity index (χ1v) is 23.8. The van der Waals surface area contributed by atoms with E-state index >= 15 is 0 Å². The molecule has 0 aliphatic carbocycles. The van der Waals surface area contributed by atoms with Crippen molar-refractivity contribution in [1.29, 1.82) is 0 Å². The van der Waals surface area contributed by atoms with Gasteiger partial charge >= 0.3 is 0 Å². The molecule has 4 heteroatoms. The molecule has 0 saturated heterocycles. The Morgan fingerprint density at radius 3 is 1.79 bits per heavy atom. The van der Waals surface area contributed by atoms with E-state index < -0.39 is 0 Å². The molecule has 0 amide bonds. The number of hydrogen-bond donors (Lipinski definition) is 1. The third kappa shape index (κ3) is 9.38. The normalized spacial score (nSPS) is 12.7. The fourth-order valence-electron chi connectivity index (χ4n) is 9.11. The molecule has 1 N–H and O–H groups in total. The van der Waals surface area contributed by atoms with E-state index in [2.05, 4.69) is 235 Å². The maximum absolute atomic E-state index is 12.5. The Labute approximate surface area is 394 Å². The average molecular weight is 872 g/mol. The largest absolute Gasteiger partial charge is 0.507 e. The van der Waals surface area contributed by atoms with Gasteiger partial charge in [-0.05, 0) is 133 Å². The number of fused-ring (bicyclic) bond motifs is 1. The lowest BCUT2D eigenvalue weighted by molar-refractivity contribution is 0.446. The standard InChI is InChI=1S/C62H69N3O/c1-39(2)31-43-35-49(27-28-50(43)41-19-16-15-17-20-41)65-55-22-18-21-51(56(55)64-58(65)52-37-48(61(9,10)11)38-53(57(52)66)62(12,13)14)44-32-45(34-47(33-44)60(6,7)8)54-36-42(29-30-63-54)40-23-25-46(26-24-40)59(3,4)5/h15-30,32-39,66H,31H2,1-14H3. The van der Waals surface area contributed by atoms with Crippen molar-refractivity contribution in [3.8, 4) is 67.5 Å². The molecule has 2 aromatic heterocycles. The molecule has 6 aromatic carbocycles. The minimum Gasteiger partial charge on any atom is -0.507 e. The summed E-state index contributed by atoms with van der Waals surface area (Å²) in [6.07, 6.45) is 2.85. The van der Waals surface area contributed by atoms with Gasteiger partial charge in [-0.1, -0.05) is 182 Å². The van der Waals surface area contributed by atoms with Crippen molar-refractivity contribution in [1.82, 2.24) is 14.5 Å². The van der Waals surface area contributed by atoms with Crippen molar-refractivity contribution in [3.05, 3.63) is 167 Å². The summed E-state index contributed by atoms with van der Waals surface area (Å²) in [5.41, 5.74) is 17.8. The zero-order valence-corrected chi connectivity index (χ0v) is 41.9. The van der Waals surface area contributed by atoms with E-state index in [9.17, 15) is 5.11 Å². The average Bonchev–Trinajstić information content (AvgIpc) is 3.65. The quantitative estimate of drug-likeness (QED) is 0.165. The van der Waals surface area contributed by atoms with Gasteiger partial charge in [0, 0.05) is 28.6 Å². The molecule has 0 saturated carbocycles. The van der Waals surface area contributed by atoms with Crippen LogP contribution in [0.25, 0.3) is 72.7 Å². The molecule has 0 spiro atoms. The van der Waals surface area contributed by atoms with Gasteiger partial charge in [-0.15, -0.1) is 0 Å². The Kier molecular flexibility index (Phi) is 12.1. The number of aromatic nitrogens is 3. The molecule has 0 aliphatic heterocycles. The van der Waals surface area contributed by atoms with Gasteiger partial charge in [-0.25, -0.2) is 4.98 Å². The van der Waals surface area contributed by atoms with Gasteiger partial charge in [-0.3, -0.25) is 9.55 Å². The minimum atomic E-state index is -0.311.